The molecule has 5 nitrogen and oxygen atoms in total. The molecular weight excluding hydrogens is 529 g/mol. The molecule has 3 aromatic carbocycles. The van der Waals surface area contributed by atoms with Crippen LogP contribution in [0.2, 0.25) is 0 Å². The van der Waals surface area contributed by atoms with Gasteiger partial charge in [-0.3, -0.25) is 4.79 Å². The fourth-order valence-corrected chi connectivity index (χ4v) is 5.03. The van der Waals surface area contributed by atoms with Crippen molar-refractivity contribution in [3.05, 3.63) is 112 Å². The van der Waals surface area contributed by atoms with Gasteiger partial charge < -0.3 is 14.7 Å². The van der Waals surface area contributed by atoms with Crippen LogP contribution in [0.3, 0.4) is 0 Å². The van der Waals surface area contributed by atoms with Crippen LogP contribution in [0.1, 0.15) is 24.1 Å². The number of nitrogens with zero attached hydrogens (tertiary/aromatic N) is 1. The Bertz CT molecular complexity index is 1170. The maximum Gasteiger partial charge on any atom is 0.330 e. The summed E-state index contributed by atoms with van der Waals surface area (Å²) in [5, 5.41) is 12.1. The van der Waals surface area contributed by atoms with Gasteiger partial charge in [0.2, 0.25) is 0 Å². The minimum Gasteiger partial charge on any atom is -0.463 e. The summed E-state index contributed by atoms with van der Waals surface area (Å²) < 4.78 is 5.95. The Morgan fingerprint density at radius 3 is 2.27 bits per heavy atom. The van der Waals surface area contributed by atoms with Gasteiger partial charge in [-0.05, 0) is 52.8 Å². The molecule has 1 aliphatic heterocycles. The van der Waals surface area contributed by atoms with E-state index in [1.165, 1.54) is 6.08 Å². The van der Waals surface area contributed by atoms with Crippen LogP contribution < -0.4 is 4.90 Å². The van der Waals surface area contributed by atoms with Crippen LogP contribution in [0.4, 0.5) is 5.69 Å². The Labute approximate surface area is 206 Å². The van der Waals surface area contributed by atoms with Crippen molar-refractivity contribution in [2.45, 2.75) is 18.6 Å². The predicted molar refractivity (Wildman–Crippen MR) is 135 cm³/mol. The number of amides is 1. The van der Waals surface area contributed by atoms with E-state index in [1.807, 2.05) is 60.7 Å². The van der Waals surface area contributed by atoms with E-state index in [2.05, 4.69) is 22.6 Å². The Morgan fingerprint density at radius 1 is 1.03 bits per heavy atom. The number of esters is 1. The minimum atomic E-state index is -1.87. The van der Waals surface area contributed by atoms with E-state index < -0.39 is 29.4 Å². The van der Waals surface area contributed by atoms with Gasteiger partial charge in [0, 0.05) is 15.6 Å². The summed E-state index contributed by atoms with van der Waals surface area (Å²) in [5.74, 6) is -1.69. The monoisotopic (exact) mass is 553 g/mol. The molecule has 1 saturated heterocycles. The Balaban J connectivity index is 1.95. The van der Waals surface area contributed by atoms with Crippen molar-refractivity contribution in [2.75, 3.05) is 11.5 Å². The van der Waals surface area contributed by atoms with Crippen LogP contribution in [0, 0.1) is 9.49 Å². The number of aliphatic hydroxyl groups is 1. The lowest BCUT2D eigenvalue weighted by Crippen LogP contribution is -2.40. The first kappa shape index (κ1) is 23.2. The minimum absolute atomic E-state index is 0.242. The maximum absolute atomic E-state index is 14.1. The first-order valence-corrected chi connectivity index (χ1v) is 11.8. The highest BCUT2D eigenvalue weighted by molar-refractivity contribution is 14.1. The Kier molecular flexibility index (Phi) is 6.95. The molecule has 0 bridgehead atoms. The third-order valence-corrected chi connectivity index (χ3v) is 6.75. The zero-order valence-corrected chi connectivity index (χ0v) is 20.3. The fourth-order valence-electron chi connectivity index (χ4n) is 4.38. The number of rotatable bonds is 6. The molecule has 1 N–H and O–H groups in total. The summed E-state index contributed by atoms with van der Waals surface area (Å²) in [6.45, 7) is 1.98. The number of halogens is 1. The zero-order valence-electron chi connectivity index (χ0n) is 18.1. The van der Waals surface area contributed by atoms with Crippen LogP contribution >= 0.6 is 22.6 Å². The molecule has 4 rings (SSSR count). The van der Waals surface area contributed by atoms with E-state index in [9.17, 15) is 14.7 Å². The number of benzene rings is 3. The highest BCUT2D eigenvalue weighted by Gasteiger charge is 2.59. The normalized spacial score (nSPS) is 22.6. The summed E-state index contributed by atoms with van der Waals surface area (Å²) in [4.78, 5) is 27.9. The van der Waals surface area contributed by atoms with E-state index >= 15 is 0 Å². The van der Waals surface area contributed by atoms with E-state index in [0.29, 0.717) is 11.3 Å². The van der Waals surface area contributed by atoms with Gasteiger partial charge in [-0.15, -0.1) is 0 Å². The molecule has 33 heavy (non-hydrogen) atoms. The highest BCUT2D eigenvalue weighted by Crippen LogP contribution is 2.52. The van der Waals surface area contributed by atoms with Crippen LogP contribution in [0.25, 0.3) is 0 Å². The Morgan fingerprint density at radius 2 is 1.64 bits per heavy atom. The average Bonchev–Trinajstić information content (AvgIpc) is 3.07. The molecule has 0 aromatic heterocycles. The number of ether oxygens (including phenoxy) is 1. The molecule has 0 aliphatic carbocycles. The summed E-state index contributed by atoms with van der Waals surface area (Å²) in [7, 11) is 0. The molecular formula is C27H24INO4. The van der Waals surface area contributed by atoms with Crippen LogP contribution in [-0.2, 0) is 19.9 Å². The van der Waals surface area contributed by atoms with Crippen LogP contribution in [-0.4, -0.2) is 23.6 Å². The lowest BCUT2D eigenvalue weighted by molar-refractivity contribution is -0.138. The second-order valence-corrected chi connectivity index (χ2v) is 8.91. The van der Waals surface area contributed by atoms with Crippen molar-refractivity contribution in [3.8, 4) is 0 Å². The quantitative estimate of drug-likeness (QED) is 0.265. The molecule has 0 spiro atoms. The van der Waals surface area contributed by atoms with Crippen molar-refractivity contribution >= 4 is 40.2 Å². The second kappa shape index (κ2) is 9.89. The Hall–Kier alpha value is -2.97. The van der Waals surface area contributed by atoms with Crippen molar-refractivity contribution in [2.24, 2.45) is 5.92 Å². The predicted octanol–water partition coefficient (Wildman–Crippen LogP) is 5.00. The van der Waals surface area contributed by atoms with E-state index in [1.54, 1.807) is 42.2 Å². The van der Waals surface area contributed by atoms with Crippen molar-refractivity contribution in [1.82, 2.24) is 0 Å². The number of hydrogen-bond acceptors (Lipinski definition) is 4. The molecule has 168 valence electrons. The first-order valence-electron chi connectivity index (χ1n) is 10.7. The molecule has 1 aliphatic rings. The lowest BCUT2D eigenvalue weighted by atomic mass is 9.78. The van der Waals surface area contributed by atoms with Crippen LogP contribution in [0.15, 0.2) is 97.1 Å². The third-order valence-electron chi connectivity index (χ3n) is 5.84. The number of carbonyl (C=O) groups excluding carboxylic acids is 2. The van der Waals surface area contributed by atoms with E-state index in [-0.39, 0.29) is 6.61 Å². The number of anilines is 1. The molecule has 3 aromatic rings. The van der Waals surface area contributed by atoms with Crippen molar-refractivity contribution in [3.63, 3.8) is 0 Å². The number of carbonyl (C=O) groups is 2. The van der Waals surface area contributed by atoms with Crippen molar-refractivity contribution < 1.29 is 19.4 Å². The summed E-state index contributed by atoms with van der Waals surface area (Å²) >= 11 is 2.20. The van der Waals surface area contributed by atoms with Gasteiger partial charge in [0.15, 0.2) is 5.60 Å². The topological polar surface area (TPSA) is 66.8 Å². The molecule has 6 heteroatoms. The van der Waals surface area contributed by atoms with Gasteiger partial charge >= 0.3 is 5.97 Å². The maximum atomic E-state index is 14.1. The van der Waals surface area contributed by atoms with Crippen LogP contribution in [0.5, 0.6) is 0 Å². The van der Waals surface area contributed by atoms with Gasteiger partial charge in [-0.1, -0.05) is 78.9 Å². The summed E-state index contributed by atoms with van der Waals surface area (Å²) in [6, 6.07) is 25.5. The molecule has 3 atom stereocenters. The fraction of sp³-hybridized carbons (Fsp3) is 0.185. The first-order chi connectivity index (χ1) is 16.0. The zero-order chi connectivity index (χ0) is 23.4. The largest absolute Gasteiger partial charge is 0.463 e. The van der Waals surface area contributed by atoms with Crippen molar-refractivity contribution in [1.29, 1.82) is 0 Å². The molecule has 1 heterocycles. The SMILES string of the molecule is CCOC(=O)/C=C/[C@@H]1[C@@H](c2ccccc2)N(c2ccccc2I)C(=O)[C@]1(O)c1ccccc1. The van der Waals surface area contributed by atoms with E-state index in [0.717, 1.165) is 9.13 Å². The number of para-hydroxylation sites is 1. The number of hydrogen-bond donors (Lipinski definition) is 1. The molecule has 1 amide bonds. The standard InChI is InChI=1S/C27H24INO4/c1-2-33-24(30)18-17-21-25(19-11-5-3-6-12-19)29(23-16-10-9-15-22(23)28)26(31)27(21,32)20-13-7-4-8-14-20/h3-18,21,25,32H,2H2,1H3/b18-17+/t21-,25-,27+/m1/s1. The molecule has 0 saturated carbocycles. The van der Waals surface area contributed by atoms with Gasteiger partial charge in [-0.25, -0.2) is 4.79 Å². The highest BCUT2D eigenvalue weighted by atomic mass is 127. The summed E-state index contributed by atoms with van der Waals surface area (Å²) in [6.07, 6.45) is 2.92. The lowest BCUT2D eigenvalue weighted by Gasteiger charge is -2.29. The van der Waals surface area contributed by atoms with Gasteiger partial charge in [0.05, 0.1) is 18.3 Å². The molecule has 0 radical (unpaired) electrons. The second-order valence-electron chi connectivity index (χ2n) is 7.75. The van der Waals surface area contributed by atoms with Gasteiger partial charge in [0.25, 0.3) is 5.91 Å². The molecule has 1 fully saturated rings. The third kappa shape index (κ3) is 4.32. The average molecular weight is 553 g/mol. The van der Waals surface area contributed by atoms with Gasteiger partial charge in [-0.2, -0.15) is 0 Å². The molecule has 0 unspecified atom stereocenters. The van der Waals surface area contributed by atoms with Gasteiger partial charge in [0.1, 0.15) is 0 Å². The smallest absolute Gasteiger partial charge is 0.330 e. The van der Waals surface area contributed by atoms with E-state index in [4.69, 9.17) is 4.74 Å². The summed E-state index contributed by atoms with van der Waals surface area (Å²) in [5.41, 5.74) is 0.168.